The number of halogens is 1. The Morgan fingerprint density at radius 3 is 2.08 bits per heavy atom. The number of carbonyl (C=O) groups is 2. The van der Waals surface area contributed by atoms with Crippen LogP contribution in [0.3, 0.4) is 0 Å². The Bertz CT molecular complexity index is 2340. The van der Waals surface area contributed by atoms with Gasteiger partial charge in [0.1, 0.15) is 28.6 Å². The molecule has 1 aliphatic rings. The van der Waals surface area contributed by atoms with Crippen LogP contribution in [0.25, 0.3) is 22.3 Å². The molecule has 3 aromatic carbocycles. The van der Waals surface area contributed by atoms with Gasteiger partial charge in [0.2, 0.25) is 11.2 Å². The summed E-state index contributed by atoms with van der Waals surface area (Å²) in [6.07, 6.45) is -3.43. The molecule has 0 bridgehead atoms. The van der Waals surface area contributed by atoms with E-state index in [9.17, 15) is 9.59 Å². The van der Waals surface area contributed by atoms with Crippen molar-refractivity contribution in [2.24, 2.45) is 5.73 Å². The Hall–Kier alpha value is -5.06. The van der Waals surface area contributed by atoms with Crippen molar-refractivity contribution in [1.82, 2.24) is 19.5 Å². The van der Waals surface area contributed by atoms with Crippen LogP contribution in [0.1, 0.15) is 91.0 Å². The number of anilines is 1. The van der Waals surface area contributed by atoms with Gasteiger partial charge in [-0.3, -0.25) is 9.88 Å². The summed E-state index contributed by atoms with van der Waals surface area (Å²) < 4.78 is 39.1. The lowest BCUT2D eigenvalue weighted by atomic mass is 9.98. The zero-order valence-electron chi connectivity index (χ0n) is 37.4. The minimum Gasteiger partial charge on any atom is -0.497 e. The third-order valence-corrected chi connectivity index (χ3v) is 15.7. The van der Waals surface area contributed by atoms with Crippen molar-refractivity contribution < 1.29 is 37.7 Å². The quantitative estimate of drug-likeness (QED) is 0.0803. The number of hydrogen-bond acceptors (Lipinski definition) is 11. The highest BCUT2D eigenvalue weighted by Gasteiger charge is 2.47. The molecule has 2 amide bonds. The number of carbonyl (C=O) groups excluding carboxylic acids is 2. The average Bonchev–Trinajstić information content (AvgIpc) is 3.72. The van der Waals surface area contributed by atoms with E-state index in [1.165, 1.54) is 0 Å². The lowest BCUT2D eigenvalue weighted by molar-refractivity contribution is -0.0661. The Morgan fingerprint density at radius 1 is 0.887 bits per heavy atom. The maximum absolute atomic E-state index is 13.4. The highest BCUT2D eigenvalue weighted by Crippen LogP contribution is 2.44. The lowest BCUT2D eigenvalue weighted by Gasteiger charge is -2.39. The molecule has 1 saturated heterocycles. The zero-order chi connectivity index (χ0) is 45.2. The number of nitrogens with two attached hydrogens (primary N) is 1. The van der Waals surface area contributed by atoms with Crippen LogP contribution in [-0.4, -0.2) is 77.1 Å². The zero-order valence-corrected chi connectivity index (χ0v) is 39.2. The van der Waals surface area contributed by atoms with E-state index in [1.807, 2.05) is 54.6 Å². The van der Waals surface area contributed by atoms with Crippen molar-refractivity contribution in [2.45, 2.75) is 122 Å². The van der Waals surface area contributed by atoms with Gasteiger partial charge in [-0.1, -0.05) is 87.5 Å². The van der Waals surface area contributed by atoms with Gasteiger partial charge >= 0.3 is 12.2 Å². The van der Waals surface area contributed by atoms with Crippen molar-refractivity contribution in [3.63, 3.8) is 0 Å². The third-order valence-electron chi connectivity index (χ3n) is 11.0. The van der Waals surface area contributed by atoms with Crippen molar-refractivity contribution >= 4 is 49.2 Å². The molecule has 0 radical (unpaired) electrons. The van der Waals surface area contributed by atoms with Crippen LogP contribution >= 0.6 is 11.6 Å². The molecule has 6 rings (SSSR count). The second kappa shape index (κ2) is 18.3. The fraction of sp³-hybridized carbons (Fsp3) is 0.457. The van der Waals surface area contributed by atoms with E-state index in [1.54, 1.807) is 46.3 Å². The van der Waals surface area contributed by atoms with E-state index in [0.717, 1.165) is 28.0 Å². The minimum absolute atomic E-state index is 0.0748. The van der Waals surface area contributed by atoms with Crippen molar-refractivity contribution in [3.05, 3.63) is 101 Å². The monoisotopic (exact) mass is 886 g/mol. The number of methoxy groups -OCH3 is 1. The topological polar surface area (TPSA) is 171 Å². The molecule has 1 unspecified atom stereocenters. The lowest BCUT2D eigenvalue weighted by Crippen LogP contribution is -2.45. The van der Waals surface area contributed by atoms with E-state index in [4.69, 9.17) is 50.4 Å². The van der Waals surface area contributed by atoms with Gasteiger partial charge in [-0.2, -0.15) is 4.98 Å². The second-order valence-electron chi connectivity index (χ2n) is 18.7. The highest BCUT2D eigenvalue weighted by atomic mass is 35.5. The Labute approximate surface area is 369 Å². The summed E-state index contributed by atoms with van der Waals surface area (Å²) in [6.45, 7) is 19.8. The highest BCUT2D eigenvalue weighted by molar-refractivity contribution is 6.74. The molecule has 3 N–H and O–H groups in total. The molecule has 0 aliphatic carbocycles. The predicted octanol–water partition coefficient (Wildman–Crippen LogP) is 10.4. The molecule has 62 heavy (non-hydrogen) atoms. The number of nitrogens with zero attached hydrogens (tertiary/aromatic N) is 4. The summed E-state index contributed by atoms with van der Waals surface area (Å²) in [4.78, 5) is 39.2. The van der Waals surface area contributed by atoms with Gasteiger partial charge in [0.25, 0.3) is 0 Å². The van der Waals surface area contributed by atoms with Crippen LogP contribution in [-0.2, 0) is 29.8 Å². The number of aromatic nitrogens is 4. The molecular formula is C46H59ClN6O8Si. The molecule has 14 nitrogen and oxygen atoms in total. The first-order valence-electron chi connectivity index (χ1n) is 20.7. The molecule has 16 heteroatoms. The largest absolute Gasteiger partial charge is 0.497 e. The third kappa shape index (κ3) is 11.3. The first-order valence-corrected chi connectivity index (χ1v) is 24.0. The Balaban J connectivity index is 1.39. The minimum atomic E-state index is -2.45. The fourth-order valence-corrected chi connectivity index (χ4v) is 8.63. The fourth-order valence-electron chi connectivity index (χ4n) is 7.12. The molecule has 2 aromatic heterocycles. The summed E-state index contributed by atoms with van der Waals surface area (Å²) in [7, 11) is -0.799. The van der Waals surface area contributed by atoms with Crippen LogP contribution in [0.15, 0.2) is 78.9 Å². The van der Waals surface area contributed by atoms with E-state index >= 15 is 0 Å². The van der Waals surface area contributed by atoms with Gasteiger partial charge in [0.05, 0.1) is 31.6 Å². The second-order valence-corrected chi connectivity index (χ2v) is 23.8. The molecule has 1 fully saturated rings. The first kappa shape index (κ1) is 46.4. The number of fused-ring (bicyclic) bond motifs is 1. The molecule has 1 aliphatic heterocycles. The molecule has 4 atom stereocenters. The van der Waals surface area contributed by atoms with E-state index in [-0.39, 0.29) is 34.9 Å². The number of ether oxygens (including phenoxy) is 5. The van der Waals surface area contributed by atoms with Crippen LogP contribution in [0.4, 0.5) is 15.5 Å². The van der Waals surface area contributed by atoms with Crippen LogP contribution in [0, 0.1) is 0 Å². The number of primary amides is 1. The number of imidazole rings is 1. The van der Waals surface area contributed by atoms with Crippen molar-refractivity contribution in [2.75, 3.05) is 19.0 Å². The van der Waals surface area contributed by atoms with E-state index < -0.39 is 56.2 Å². The maximum Gasteiger partial charge on any atom is 0.414 e. The average molecular weight is 888 g/mol. The number of rotatable bonds is 14. The summed E-state index contributed by atoms with van der Waals surface area (Å²) in [6, 6.07) is 26.4. The molecule has 0 saturated carbocycles. The van der Waals surface area contributed by atoms with Crippen LogP contribution < -0.4 is 15.8 Å². The smallest absolute Gasteiger partial charge is 0.414 e. The molecular weight excluding hydrogens is 828 g/mol. The molecule has 332 valence electrons. The first-order chi connectivity index (χ1) is 29.0. The number of benzene rings is 3. The summed E-state index contributed by atoms with van der Waals surface area (Å²) >= 11 is 6.63. The van der Waals surface area contributed by atoms with Gasteiger partial charge in [0, 0.05) is 12.8 Å². The summed E-state index contributed by atoms with van der Waals surface area (Å²) in [5.74, 6) is 0.876. The Morgan fingerprint density at radius 2 is 1.50 bits per heavy atom. The Kier molecular flexibility index (Phi) is 13.7. The van der Waals surface area contributed by atoms with Gasteiger partial charge in [0.15, 0.2) is 20.2 Å². The number of nitrogens with one attached hydrogen (secondary N) is 1. The van der Waals surface area contributed by atoms with Gasteiger partial charge in [-0.25, -0.2) is 19.6 Å². The van der Waals surface area contributed by atoms with Crippen molar-refractivity contribution in [3.8, 4) is 16.9 Å². The van der Waals surface area contributed by atoms with Crippen molar-refractivity contribution in [1.29, 1.82) is 0 Å². The number of hydrogen-bond donors (Lipinski definition) is 2. The normalized spacial score (nSPS) is 17.8. The van der Waals surface area contributed by atoms with Gasteiger partial charge in [-0.15, -0.1) is 0 Å². The standard InChI is InChI=1S/C46H59ClN6O8Si/c1-44(2,3)60-43(55)52-42-50-36-34(26-46(7,8)59-41(48)54)49-40(47)51-38(36)53(42)39-35(61-62(10,11)45(4,5)6)25-33(58-39)27-57-37(30-15-13-12-14-16-30)31-19-17-28(18-20-31)29-21-23-32(56-9)24-22-29/h12-24,33,35,37,39H,25-27H2,1-11H3,(H2,48,54)(H,50,52,55)/t33-,35+,37?,39+/m0/s1. The predicted molar refractivity (Wildman–Crippen MR) is 242 cm³/mol. The maximum atomic E-state index is 13.4. The SMILES string of the molecule is COc1ccc(-c2ccc(C(OC[C@@H]3C[C@@H](O[Si](C)(C)C(C)(C)C)[C@H](n4c(NC(=O)OC(C)(C)C)nc5c(CC(C)(C)OC(N)=O)nc(Cl)nc54)O3)c3ccccc3)cc2)cc1. The summed E-state index contributed by atoms with van der Waals surface area (Å²) in [5.41, 5.74) is 8.54. The van der Waals surface area contributed by atoms with E-state index in [0.29, 0.717) is 17.6 Å². The molecule has 3 heterocycles. The molecule has 0 spiro atoms. The van der Waals surface area contributed by atoms with E-state index in [2.05, 4.69) is 73.4 Å². The number of amides is 2. The van der Waals surface area contributed by atoms with Gasteiger partial charge in [-0.05, 0) is 98.7 Å². The van der Waals surface area contributed by atoms with Crippen LogP contribution in [0.5, 0.6) is 5.75 Å². The van der Waals surface area contributed by atoms with Gasteiger partial charge < -0.3 is 33.8 Å². The molecule has 5 aromatic rings. The summed E-state index contributed by atoms with van der Waals surface area (Å²) in [5, 5.41) is 2.59. The van der Waals surface area contributed by atoms with Crippen LogP contribution in [0.2, 0.25) is 23.4 Å².